The van der Waals surface area contributed by atoms with Gasteiger partial charge in [-0.3, -0.25) is 4.79 Å². The Balaban J connectivity index is 0.0000000970. The van der Waals surface area contributed by atoms with Gasteiger partial charge in [-0.1, -0.05) is 51.5 Å². The number of aliphatic hydroxyl groups is 4. The Bertz CT molecular complexity index is 2300. The largest absolute Gasteiger partial charge is 0.393 e. The fourth-order valence-corrected chi connectivity index (χ4v) is 26.8. The van der Waals surface area contributed by atoms with Gasteiger partial charge in [0.25, 0.3) is 0 Å². The predicted molar refractivity (Wildman–Crippen MR) is 324 cm³/mol. The molecule has 454 valence electrons. The van der Waals surface area contributed by atoms with Crippen LogP contribution in [0.25, 0.3) is 0 Å². The first-order chi connectivity index (χ1) is 38.8. The summed E-state index contributed by atoms with van der Waals surface area (Å²) in [5, 5.41) is 39.8. The molecule has 0 bridgehead atoms. The van der Waals surface area contributed by atoms with Crippen LogP contribution in [-0.4, -0.2) is 62.8 Å². The third-order valence-electron chi connectivity index (χ3n) is 31.7. The number of carbonyl (C=O) groups excluding carboxylic acids is 1. The molecule has 0 radical (unpaired) electrons. The summed E-state index contributed by atoms with van der Waals surface area (Å²) in [6, 6.07) is 0. The Morgan fingerprint density at radius 1 is 0.444 bits per heavy atom. The van der Waals surface area contributed by atoms with Crippen LogP contribution in [-0.2, 0) is 9.53 Å². The Labute approximate surface area is 493 Å². The number of fused-ring (bicyclic) bond motifs is 17. The average molecular weight is 1120 g/mol. The molecule has 6 nitrogen and oxygen atoms in total. The first-order valence-corrected chi connectivity index (χ1v) is 36.1. The Hall–Kier alpha value is -1.05. The lowest BCUT2D eigenvalue weighted by Gasteiger charge is -2.54. The molecule has 16 aliphatic carbocycles. The molecule has 6 heteroatoms. The van der Waals surface area contributed by atoms with Gasteiger partial charge < -0.3 is 25.2 Å². The topological polar surface area (TPSA) is 111 Å². The van der Waals surface area contributed by atoms with Crippen LogP contribution in [0.1, 0.15) is 259 Å². The number of allylic oxidation sites excluding steroid dienone is 3. The number of ketones is 1. The number of rotatable bonds is 0. The SMILES string of the molecule is C=C1C[C@@H]2[C@H]3C[C@H]4CC[C@@H](O)C[C@@H]4C[C@@H]3CC[C@@]2(C)C1.CC1=CC[C@@H]2[C@H]3C[C@H]4CC[C@@H](O)C[C@@H]4C[C@@H]3CC[C@@]12C.C[C@@]12CC[C@H]3C[C@H]4C[C@H](O)CC[C@@H]4C[C@@H]3[C@H]1CCC2=O.C[C@@]12CC[C@H]3C[C@H]4C[C@H](O)CC[C@@H]4C[C@@H]3[C@H]1CC[C@]21CO1. The number of ether oxygens (including phenoxy) is 1. The van der Waals surface area contributed by atoms with E-state index in [4.69, 9.17) is 4.74 Å². The molecule has 1 saturated heterocycles. The van der Waals surface area contributed by atoms with Crippen LogP contribution >= 0.6 is 0 Å². The van der Waals surface area contributed by atoms with Gasteiger partial charge in [0.1, 0.15) is 5.78 Å². The Kier molecular flexibility index (Phi) is 15.6. The van der Waals surface area contributed by atoms with Gasteiger partial charge >= 0.3 is 0 Å². The smallest absolute Gasteiger partial charge is 0.139 e. The second kappa shape index (κ2) is 21.9. The van der Waals surface area contributed by atoms with Gasteiger partial charge in [0, 0.05) is 17.3 Å². The Morgan fingerprint density at radius 2 is 0.877 bits per heavy atom. The van der Waals surface area contributed by atoms with Crippen molar-refractivity contribution in [1.29, 1.82) is 0 Å². The summed E-state index contributed by atoms with van der Waals surface area (Å²) < 4.78 is 6.00. The molecule has 17 aliphatic rings. The molecule has 15 saturated carbocycles. The normalized spacial score (nSPS) is 56.7. The van der Waals surface area contributed by atoms with E-state index in [0.29, 0.717) is 33.5 Å². The summed E-state index contributed by atoms with van der Waals surface area (Å²) in [6.07, 6.45) is 47.3. The first-order valence-electron chi connectivity index (χ1n) is 36.1. The lowest BCUT2D eigenvalue weighted by molar-refractivity contribution is -0.132. The lowest BCUT2D eigenvalue weighted by Crippen LogP contribution is -2.49. The maximum Gasteiger partial charge on any atom is 0.139 e. The zero-order valence-electron chi connectivity index (χ0n) is 52.2. The van der Waals surface area contributed by atoms with Gasteiger partial charge in [-0.05, 0) is 354 Å². The predicted octanol–water partition coefficient (Wildman–Crippen LogP) is 16.5. The zero-order chi connectivity index (χ0) is 56.0. The number of Topliss-reactive ketones (excluding diaryl/α,β-unsaturated/α-hetero) is 1. The number of carbonyl (C=O) groups is 1. The van der Waals surface area contributed by atoms with E-state index in [-0.39, 0.29) is 29.8 Å². The van der Waals surface area contributed by atoms with Crippen molar-refractivity contribution in [2.45, 2.75) is 289 Å². The van der Waals surface area contributed by atoms with E-state index in [9.17, 15) is 25.2 Å². The summed E-state index contributed by atoms with van der Waals surface area (Å²) >= 11 is 0. The molecule has 1 heterocycles. The van der Waals surface area contributed by atoms with Crippen molar-refractivity contribution in [3.8, 4) is 0 Å². The van der Waals surface area contributed by atoms with E-state index in [1.165, 1.54) is 160 Å². The minimum Gasteiger partial charge on any atom is -0.393 e. The molecule has 1 aliphatic heterocycles. The van der Waals surface area contributed by atoms with Crippen LogP contribution in [0.3, 0.4) is 0 Å². The van der Waals surface area contributed by atoms with E-state index >= 15 is 0 Å². The maximum atomic E-state index is 12.3. The number of hydrogen-bond acceptors (Lipinski definition) is 6. The second-order valence-electron chi connectivity index (χ2n) is 35.1. The molecule has 0 aromatic rings. The van der Waals surface area contributed by atoms with Gasteiger partial charge in [-0.15, -0.1) is 0 Å². The lowest BCUT2D eigenvalue weighted by atomic mass is 9.51. The quantitative estimate of drug-likeness (QED) is 0.142. The van der Waals surface area contributed by atoms with Crippen LogP contribution in [0.4, 0.5) is 0 Å². The summed E-state index contributed by atoms with van der Waals surface area (Å²) in [5.74, 6) is 18.5. The van der Waals surface area contributed by atoms with E-state index in [2.05, 4.69) is 47.3 Å². The molecule has 29 atom stereocenters. The second-order valence-corrected chi connectivity index (χ2v) is 35.1. The van der Waals surface area contributed by atoms with Crippen LogP contribution in [0.15, 0.2) is 23.8 Å². The van der Waals surface area contributed by atoms with Crippen molar-refractivity contribution in [1.82, 2.24) is 0 Å². The number of hydrogen-bond donors (Lipinski definition) is 4. The standard InChI is InChI=1S/C19H30O2.2C19H30O.C18H28O2/c1-18-6-4-13-8-14-9-15(20)3-2-12(14)10-16(13)17(18)5-7-19(18)11-21-19;1-12-3-6-18-17-11-13-4-5-16(20)10-15(13)9-14(17)7-8-19(12,18)2;1-12-7-18-17-10-13-3-4-16(20)9-15(13)8-14(17)5-6-19(18,2)11-12;1-18-7-6-12-8-13-9-14(19)3-2-11(13)10-15(12)16(18)4-5-17(18)20/h12-17,20H,2-11H2,1H3;3,13-18,20H,4-11H2,1-2H3;13-18,20H,1,3-11H2,2H3;11-16,19H,2-10H2,1H3/t12-,13+,14+,15-,16+,17-,18-,19+;2*13-,14+,15+,16-,17+,18-,19+;11-,12+,13+,14-,15+,16-,18-/m1111/s1. The highest BCUT2D eigenvalue weighted by Gasteiger charge is 2.69. The van der Waals surface area contributed by atoms with Gasteiger partial charge in [-0.2, -0.15) is 0 Å². The third-order valence-corrected chi connectivity index (χ3v) is 31.7. The first kappa shape index (κ1) is 57.7. The maximum absolute atomic E-state index is 12.3. The highest BCUT2D eigenvalue weighted by Crippen LogP contribution is 2.70. The van der Waals surface area contributed by atoms with Crippen LogP contribution in [0.2, 0.25) is 0 Å². The molecule has 0 aromatic heterocycles. The molecule has 0 amide bonds. The van der Waals surface area contributed by atoms with Gasteiger partial charge in [0.15, 0.2) is 0 Å². The minimum atomic E-state index is -0.0327. The molecule has 0 unspecified atom stereocenters. The fraction of sp³-hybridized carbons (Fsp3) is 0.933. The number of aliphatic hydroxyl groups excluding tert-OH is 4. The zero-order valence-corrected chi connectivity index (χ0v) is 52.2. The molecular formula is C75H118O6. The van der Waals surface area contributed by atoms with Crippen molar-refractivity contribution >= 4 is 5.78 Å². The summed E-state index contributed by atoms with van der Waals surface area (Å²) in [4.78, 5) is 12.3. The molecule has 81 heavy (non-hydrogen) atoms. The summed E-state index contributed by atoms with van der Waals surface area (Å²) in [5.41, 5.74) is 5.16. The van der Waals surface area contributed by atoms with Gasteiger partial charge in [0.2, 0.25) is 0 Å². The van der Waals surface area contributed by atoms with E-state index in [0.717, 1.165) is 190 Å². The molecule has 16 fully saturated rings. The van der Waals surface area contributed by atoms with Crippen molar-refractivity contribution < 1.29 is 30.0 Å². The summed E-state index contributed by atoms with van der Waals surface area (Å²) in [6.45, 7) is 17.7. The number of epoxide rings is 1. The molecule has 0 aromatic carbocycles. The fourth-order valence-electron chi connectivity index (χ4n) is 26.8. The molecule has 1 spiro atoms. The van der Waals surface area contributed by atoms with Crippen LogP contribution < -0.4 is 0 Å². The molecular weight excluding hydrogens is 997 g/mol. The van der Waals surface area contributed by atoms with Crippen molar-refractivity contribution in [3.05, 3.63) is 23.8 Å². The monoisotopic (exact) mass is 1110 g/mol. The molecule has 4 N–H and O–H groups in total. The van der Waals surface area contributed by atoms with Crippen molar-refractivity contribution in [2.24, 2.45) is 140 Å². The van der Waals surface area contributed by atoms with E-state index in [1.54, 1.807) is 5.57 Å². The summed E-state index contributed by atoms with van der Waals surface area (Å²) in [7, 11) is 0. The Morgan fingerprint density at radius 3 is 1.37 bits per heavy atom. The minimum absolute atomic E-state index is 0.00581. The van der Waals surface area contributed by atoms with Crippen LogP contribution in [0.5, 0.6) is 0 Å². The van der Waals surface area contributed by atoms with Gasteiger partial charge in [-0.25, -0.2) is 0 Å². The average Bonchev–Trinajstić information content (AvgIpc) is 2.61. The van der Waals surface area contributed by atoms with Crippen molar-refractivity contribution in [2.75, 3.05) is 6.61 Å². The molecule has 17 rings (SSSR count). The van der Waals surface area contributed by atoms with Crippen molar-refractivity contribution in [3.63, 3.8) is 0 Å². The van der Waals surface area contributed by atoms with Crippen LogP contribution in [0, 0.1) is 140 Å². The third kappa shape index (κ3) is 10.2. The van der Waals surface area contributed by atoms with E-state index < -0.39 is 0 Å². The highest BCUT2D eigenvalue weighted by atomic mass is 16.6. The van der Waals surface area contributed by atoms with Gasteiger partial charge in [0.05, 0.1) is 36.6 Å². The highest BCUT2D eigenvalue weighted by molar-refractivity contribution is 5.87. The van der Waals surface area contributed by atoms with E-state index in [1.807, 2.05) is 0 Å².